The minimum Gasteiger partial charge on any atom is -0.486 e. The van der Waals surface area contributed by atoms with Gasteiger partial charge in [0.1, 0.15) is 19.0 Å². The Labute approximate surface area is 178 Å². The molecule has 30 heavy (non-hydrogen) atoms. The first-order chi connectivity index (χ1) is 14.8. The molecule has 1 aromatic heterocycles. The molecule has 0 spiro atoms. The number of hydrogen-bond acceptors (Lipinski definition) is 4. The lowest BCUT2D eigenvalue weighted by Crippen LogP contribution is -2.49. The number of anilines is 1. The highest BCUT2D eigenvalue weighted by atomic mass is 16.6. The molecule has 6 aliphatic rings. The van der Waals surface area contributed by atoms with Crippen molar-refractivity contribution in [2.75, 3.05) is 25.1 Å². The van der Waals surface area contributed by atoms with Crippen molar-refractivity contribution >= 4 is 5.82 Å². The van der Waals surface area contributed by atoms with Crippen LogP contribution in [0.5, 0.6) is 11.5 Å². The Morgan fingerprint density at radius 2 is 1.67 bits per heavy atom. The standard InChI is InChI=1S/C25H31N3O2/c1-2-6-26-24-20(3-1)23(25-13-16-9-17(14-25)11-18(10-16)15-25)27-28(24)19-4-5-21-22(12-19)30-8-7-29-21/h4-5,12,16-18,26H,1-3,6-11,13-15H2. The van der Waals surface area contributed by atoms with Gasteiger partial charge in [-0.3, -0.25) is 0 Å². The zero-order chi connectivity index (χ0) is 19.7. The van der Waals surface area contributed by atoms with E-state index in [9.17, 15) is 0 Å². The van der Waals surface area contributed by atoms with E-state index in [-0.39, 0.29) is 0 Å². The summed E-state index contributed by atoms with van der Waals surface area (Å²) in [6.07, 6.45) is 12.2. The highest BCUT2D eigenvalue weighted by Crippen LogP contribution is 2.61. The predicted molar refractivity (Wildman–Crippen MR) is 116 cm³/mol. The van der Waals surface area contributed by atoms with Crippen LogP contribution in [0, 0.1) is 17.8 Å². The van der Waals surface area contributed by atoms with Crippen LogP contribution in [-0.2, 0) is 11.8 Å². The van der Waals surface area contributed by atoms with E-state index in [0.717, 1.165) is 47.9 Å². The highest BCUT2D eigenvalue weighted by Gasteiger charge is 2.53. The van der Waals surface area contributed by atoms with E-state index in [1.807, 2.05) is 6.07 Å². The van der Waals surface area contributed by atoms with Gasteiger partial charge in [-0.05, 0) is 87.7 Å². The normalized spacial score (nSPS) is 33.7. The van der Waals surface area contributed by atoms with Crippen molar-refractivity contribution in [3.63, 3.8) is 0 Å². The first-order valence-electron chi connectivity index (χ1n) is 12.0. The van der Waals surface area contributed by atoms with E-state index in [1.165, 1.54) is 68.4 Å². The molecule has 8 rings (SSSR count). The molecule has 1 aromatic carbocycles. The third-order valence-electron chi connectivity index (χ3n) is 8.44. The van der Waals surface area contributed by atoms with Gasteiger partial charge in [0.2, 0.25) is 0 Å². The van der Waals surface area contributed by atoms with Gasteiger partial charge in [-0.15, -0.1) is 0 Å². The first-order valence-corrected chi connectivity index (χ1v) is 12.0. The van der Waals surface area contributed by atoms with E-state index in [1.54, 1.807) is 0 Å². The summed E-state index contributed by atoms with van der Waals surface area (Å²) in [5, 5.41) is 9.15. The SMILES string of the molecule is c1cc2c(cc1-n1nc(C34CC5CC(CC(C5)C3)C4)c3c1NCCCC3)OCCO2. The molecular weight excluding hydrogens is 374 g/mol. The molecule has 0 saturated heterocycles. The third kappa shape index (κ3) is 2.56. The number of ether oxygens (including phenoxy) is 2. The number of fused-ring (bicyclic) bond motifs is 2. The van der Waals surface area contributed by atoms with E-state index < -0.39 is 0 Å². The van der Waals surface area contributed by atoms with Crippen molar-refractivity contribution < 1.29 is 9.47 Å². The summed E-state index contributed by atoms with van der Waals surface area (Å²) in [5.41, 5.74) is 4.34. The van der Waals surface area contributed by atoms with Gasteiger partial charge < -0.3 is 14.8 Å². The Balaban J connectivity index is 1.37. The maximum absolute atomic E-state index is 5.88. The number of nitrogens with zero attached hydrogens (tertiary/aromatic N) is 2. The van der Waals surface area contributed by atoms with Gasteiger partial charge in [0.15, 0.2) is 11.5 Å². The van der Waals surface area contributed by atoms with Crippen LogP contribution in [0.25, 0.3) is 5.69 Å². The predicted octanol–water partition coefficient (Wildman–Crippen LogP) is 4.86. The maximum Gasteiger partial charge on any atom is 0.163 e. The van der Waals surface area contributed by atoms with Crippen LogP contribution >= 0.6 is 0 Å². The van der Waals surface area contributed by atoms with Crippen LogP contribution in [0.15, 0.2) is 18.2 Å². The lowest BCUT2D eigenvalue weighted by molar-refractivity contribution is -0.00773. The van der Waals surface area contributed by atoms with E-state index in [0.29, 0.717) is 18.6 Å². The van der Waals surface area contributed by atoms with Crippen molar-refractivity contribution in [3.8, 4) is 17.2 Å². The fraction of sp³-hybridized carbons (Fsp3) is 0.640. The van der Waals surface area contributed by atoms with Crippen molar-refractivity contribution in [2.45, 2.75) is 63.2 Å². The monoisotopic (exact) mass is 405 g/mol. The molecular formula is C25H31N3O2. The molecule has 0 radical (unpaired) electrons. The number of rotatable bonds is 2. The minimum absolute atomic E-state index is 0.323. The second kappa shape index (κ2) is 6.41. The summed E-state index contributed by atoms with van der Waals surface area (Å²) in [4.78, 5) is 0. The Morgan fingerprint density at radius 1 is 0.933 bits per heavy atom. The summed E-state index contributed by atoms with van der Waals surface area (Å²) < 4.78 is 13.8. The van der Waals surface area contributed by atoms with Gasteiger partial charge in [-0.2, -0.15) is 5.10 Å². The second-order valence-electron chi connectivity index (χ2n) is 10.5. The van der Waals surface area contributed by atoms with Gasteiger partial charge in [-0.25, -0.2) is 4.68 Å². The van der Waals surface area contributed by atoms with Crippen LogP contribution in [0.1, 0.15) is 62.6 Å². The molecule has 0 amide bonds. The molecule has 0 atom stereocenters. The quantitative estimate of drug-likeness (QED) is 0.775. The van der Waals surface area contributed by atoms with Gasteiger partial charge in [0.25, 0.3) is 0 Å². The molecule has 5 heteroatoms. The maximum atomic E-state index is 5.88. The molecule has 5 nitrogen and oxygen atoms in total. The lowest BCUT2D eigenvalue weighted by atomic mass is 9.48. The fourth-order valence-corrected chi connectivity index (χ4v) is 7.68. The molecule has 3 heterocycles. The Bertz CT molecular complexity index is 959. The molecule has 4 saturated carbocycles. The van der Waals surface area contributed by atoms with Crippen molar-refractivity contribution in [3.05, 3.63) is 29.5 Å². The average Bonchev–Trinajstić information content (AvgIpc) is 2.95. The summed E-state index contributed by atoms with van der Waals surface area (Å²) >= 11 is 0. The number of hydrogen-bond donors (Lipinski definition) is 1. The topological polar surface area (TPSA) is 48.3 Å². The minimum atomic E-state index is 0.323. The highest BCUT2D eigenvalue weighted by molar-refractivity contribution is 5.58. The van der Waals surface area contributed by atoms with Crippen LogP contribution in [0.3, 0.4) is 0 Å². The third-order valence-corrected chi connectivity index (χ3v) is 8.44. The lowest BCUT2D eigenvalue weighted by Gasteiger charge is -2.56. The van der Waals surface area contributed by atoms with Gasteiger partial charge >= 0.3 is 0 Å². The molecule has 2 aliphatic heterocycles. The summed E-state index contributed by atoms with van der Waals surface area (Å²) in [7, 11) is 0. The van der Waals surface area contributed by atoms with Gasteiger partial charge in [0.05, 0.1) is 11.4 Å². The molecule has 2 aromatic rings. The van der Waals surface area contributed by atoms with E-state index in [4.69, 9.17) is 14.6 Å². The van der Waals surface area contributed by atoms with Crippen molar-refractivity contribution in [2.24, 2.45) is 17.8 Å². The number of nitrogens with one attached hydrogen (secondary N) is 1. The molecule has 158 valence electrons. The Hall–Kier alpha value is -2.17. The van der Waals surface area contributed by atoms with Gasteiger partial charge in [-0.1, -0.05) is 0 Å². The molecule has 4 bridgehead atoms. The summed E-state index contributed by atoms with van der Waals surface area (Å²) in [6.45, 7) is 2.27. The van der Waals surface area contributed by atoms with Gasteiger partial charge in [0, 0.05) is 23.6 Å². The Kier molecular flexibility index (Phi) is 3.74. The zero-order valence-electron chi connectivity index (χ0n) is 17.7. The second-order valence-corrected chi connectivity index (χ2v) is 10.5. The first kappa shape index (κ1) is 17.5. The molecule has 0 unspecified atom stereocenters. The number of benzene rings is 1. The van der Waals surface area contributed by atoms with Crippen LogP contribution in [-0.4, -0.2) is 29.5 Å². The molecule has 4 aliphatic carbocycles. The van der Waals surface area contributed by atoms with Crippen molar-refractivity contribution in [1.82, 2.24) is 9.78 Å². The fourth-order valence-electron chi connectivity index (χ4n) is 7.68. The average molecular weight is 406 g/mol. The zero-order valence-corrected chi connectivity index (χ0v) is 17.7. The van der Waals surface area contributed by atoms with E-state index in [2.05, 4.69) is 22.1 Å². The molecule has 4 fully saturated rings. The van der Waals surface area contributed by atoms with Crippen molar-refractivity contribution in [1.29, 1.82) is 0 Å². The summed E-state index contributed by atoms with van der Waals surface area (Å²) in [6, 6.07) is 6.29. The molecule has 1 N–H and O–H groups in total. The van der Waals surface area contributed by atoms with E-state index >= 15 is 0 Å². The number of aromatic nitrogens is 2. The smallest absolute Gasteiger partial charge is 0.163 e. The summed E-state index contributed by atoms with van der Waals surface area (Å²) in [5.74, 6) is 5.72. The van der Waals surface area contributed by atoms with Crippen LogP contribution < -0.4 is 14.8 Å². The van der Waals surface area contributed by atoms with Crippen LogP contribution in [0.2, 0.25) is 0 Å². The Morgan fingerprint density at radius 3 is 2.43 bits per heavy atom. The van der Waals surface area contributed by atoms with Crippen LogP contribution in [0.4, 0.5) is 5.82 Å². The largest absolute Gasteiger partial charge is 0.486 e.